The van der Waals surface area contributed by atoms with Crippen molar-refractivity contribution >= 4 is 51.7 Å². The molecule has 2 aromatic rings. The first kappa shape index (κ1) is 20.5. The number of thiocarbonyl (C=S) groups is 1. The lowest BCUT2D eigenvalue weighted by atomic mass is 10.2. The molecular formula is C19H22N4O3S2. The van der Waals surface area contributed by atoms with E-state index >= 15 is 0 Å². The van der Waals surface area contributed by atoms with Gasteiger partial charge in [0, 0.05) is 32.5 Å². The van der Waals surface area contributed by atoms with Gasteiger partial charge in [-0.1, -0.05) is 30.0 Å². The van der Waals surface area contributed by atoms with Crippen molar-refractivity contribution in [3.05, 3.63) is 45.2 Å². The highest BCUT2D eigenvalue weighted by Crippen LogP contribution is 2.32. The molecular weight excluding hydrogens is 396 g/mol. The predicted molar refractivity (Wildman–Crippen MR) is 117 cm³/mol. The van der Waals surface area contributed by atoms with Crippen molar-refractivity contribution in [2.24, 2.45) is 0 Å². The van der Waals surface area contributed by atoms with Crippen LogP contribution >= 0.6 is 24.0 Å². The normalized spacial score (nSPS) is 15.8. The number of likely N-dealkylation sites (N-methyl/N-ethyl adjacent to an activating group) is 1. The summed E-state index contributed by atoms with van der Waals surface area (Å²) in [5.41, 5.74) is 0.648. The lowest BCUT2D eigenvalue weighted by Crippen LogP contribution is -2.27. The number of ether oxygens (including phenoxy) is 1. The highest BCUT2D eigenvalue weighted by Gasteiger charge is 2.31. The fourth-order valence-electron chi connectivity index (χ4n) is 2.80. The number of nitrogens with one attached hydrogen (secondary N) is 1. The summed E-state index contributed by atoms with van der Waals surface area (Å²) in [5.74, 6) is 0.270. The molecule has 0 bridgehead atoms. The zero-order chi connectivity index (χ0) is 20.1. The van der Waals surface area contributed by atoms with Crippen molar-refractivity contribution in [3.8, 4) is 0 Å². The fraction of sp³-hybridized carbons (Fsp3) is 0.368. The third-order valence-corrected chi connectivity index (χ3v) is 5.57. The van der Waals surface area contributed by atoms with Crippen LogP contribution in [0.2, 0.25) is 0 Å². The van der Waals surface area contributed by atoms with Crippen LogP contribution < -0.4 is 10.9 Å². The van der Waals surface area contributed by atoms with Crippen LogP contribution in [-0.2, 0) is 9.53 Å². The third kappa shape index (κ3) is 4.26. The van der Waals surface area contributed by atoms with E-state index in [9.17, 15) is 9.59 Å². The van der Waals surface area contributed by atoms with Gasteiger partial charge in [-0.15, -0.1) is 0 Å². The number of carbonyl (C=O) groups excluding carboxylic acids is 1. The minimum Gasteiger partial charge on any atom is -0.382 e. The Labute approximate surface area is 172 Å². The van der Waals surface area contributed by atoms with Crippen LogP contribution in [-0.4, -0.2) is 50.8 Å². The topological polar surface area (TPSA) is 75.9 Å². The van der Waals surface area contributed by atoms with E-state index in [1.54, 1.807) is 24.4 Å². The predicted octanol–water partition coefficient (Wildman–Crippen LogP) is 2.75. The van der Waals surface area contributed by atoms with Crippen molar-refractivity contribution in [2.45, 2.75) is 20.3 Å². The average Bonchev–Trinajstić information content (AvgIpc) is 2.97. The monoisotopic (exact) mass is 418 g/mol. The van der Waals surface area contributed by atoms with E-state index in [-0.39, 0.29) is 11.5 Å². The molecule has 0 saturated carbocycles. The highest BCUT2D eigenvalue weighted by molar-refractivity contribution is 8.26. The molecule has 0 aliphatic carbocycles. The number of amides is 1. The fourth-order valence-corrected chi connectivity index (χ4v) is 4.16. The SMILES string of the molecule is CCOCCCNc1nc2ccccn2c(=O)c1C=C1SC(=S)N(CC)C1=O. The van der Waals surface area contributed by atoms with E-state index in [4.69, 9.17) is 17.0 Å². The Balaban J connectivity index is 1.99. The molecule has 1 aliphatic heterocycles. The number of anilines is 1. The number of thioether (sulfide) groups is 1. The molecule has 28 heavy (non-hydrogen) atoms. The molecule has 2 aromatic heterocycles. The number of fused-ring (bicyclic) bond motifs is 1. The second kappa shape index (κ2) is 9.31. The quantitative estimate of drug-likeness (QED) is 0.401. The van der Waals surface area contributed by atoms with Crippen LogP contribution in [0.15, 0.2) is 34.1 Å². The van der Waals surface area contributed by atoms with Gasteiger partial charge in [0.15, 0.2) is 0 Å². The first-order chi connectivity index (χ1) is 13.6. The zero-order valence-electron chi connectivity index (χ0n) is 15.8. The van der Waals surface area contributed by atoms with Crippen LogP contribution in [0.3, 0.4) is 0 Å². The van der Waals surface area contributed by atoms with E-state index in [2.05, 4.69) is 10.3 Å². The van der Waals surface area contributed by atoms with Crippen LogP contribution in [0.5, 0.6) is 0 Å². The minimum atomic E-state index is -0.236. The first-order valence-electron chi connectivity index (χ1n) is 9.15. The third-order valence-electron chi connectivity index (χ3n) is 4.20. The van der Waals surface area contributed by atoms with Gasteiger partial charge in [-0.25, -0.2) is 4.98 Å². The lowest BCUT2D eigenvalue weighted by Gasteiger charge is -2.11. The molecule has 1 aliphatic rings. The van der Waals surface area contributed by atoms with Crippen molar-refractivity contribution in [1.82, 2.24) is 14.3 Å². The standard InChI is InChI=1S/C19H22N4O3S2/c1-3-22-18(25)14(28-19(22)27)12-13-16(20-9-7-11-26-4-2)21-15-8-5-6-10-23(15)17(13)24/h5-6,8,10,12,20H,3-4,7,9,11H2,1-2H3. The first-order valence-corrected chi connectivity index (χ1v) is 10.4. The Bertz CT molecular complexity index is 987. The summed E-state index contributed by atoms with van der Waals surface area (Å²) >= 11 is 6.47. The molecule has 1 fully saturated rings. The molecule has 1 amide bonds. The van der Waals surface area contributed by atoms with Gasteiger partial charge in [-0.3, -0.25) is 18.9 Å². The molecule has 1 N–H and O–H groups in total. The van der Waals surface area contributed by atoms with Gasteiger partial charge in [0.05, 0.1) is 10.5 Å². The number of hydrogen-bond donors (Lipinski definition) is 1. The number of pyridine rings is 1. The zero-order valence-corrected chi connectivity index (χ0v) is 17.4. The Morgan fingerprint density at radius 3 is 2.86 bits per heavy atom. The summed E-state index contributed by atoms with van der Waals surface area (Å²) in [5, 5.41) is 3.21. The van der Waals surface area contributed by atoms with Gasteiger partial charge >= 0.3 is 0 Å². The molecule has 0 atom stereocenters. The number of rotatable bonds is 8. The van der Waals surface area contributed by atoms with Gasteiger partial charge in [0.25, 0.3) is 11.5 Å². The summed E-state index contributed by atoms with van der Waals surface area (Å²) in [6, 6.07) is 5.37. The number of carbonyl (C=O) groups is 1. The summed E-state index contributed by atoms with van der Waals surface area (Å²) in [7, 11) is 0. The Kier molecular flexibility index (Phi) is 6.82. The summed E-state index contributed by atoms with van der Waals surface area (Å²) in [6.07, 6.45) is 4.04. The molecule has 0 radical (unpaired) electrons. The smallest absolute Gasteiger partial charge is 0.267 e. The summed E-state index contributed by atoms with van der Waals surface area (Å²) in [6.45, 7) is 6.21. The van der Waals surface area contributed by atoms with Gasteiger partial charge in [0.1, 0.15) is 15.8 Å². The van der Waals surface area contributed by atoms with Crippen LogP contribution in [0, 0.1) is 0 Å². The average molecular weight is 419 g/mol. The molecule has 9 heteroatoms. The molecule has 0 unspecified atom stereocenters. The van der Waals surface area contributed by atoms with Crippen LogP contribution in [0.25, 0.3) is 11.7 Å². The number of nitrogens with zero attached hydrogens (tertiary/aromatic N) is 3. The van der Waals surface area contributed by atoms with Gasteiger partial charge < -0.3 is 10.1 Å². The molecule has 148 valence electrons. The number of aromatic nitrogens is 2. The van der Waals surface area contributed by atoms with Crippen molar-refractivity contribution in [2.75, 3.05) is 31.6 Å². The molecule has 0 spiro atoms. The Morgan fingerprint density at radius 2 is 2.14 bits per heavy atom. The second-order valence-corrected chi connectivity index (χ2v) is 7.69. The van der Waals surface area contributed by atoms with Gasteiger partial charge in [0.2, 0.25) is 0 Å². The largest absolute Gasteiger partial charge is 0.382 e. The second-order valence-electron chi connectivity index (χ2n) is 6.01. The molecule has 7 nitrogen and oxygen atoms in total. The van der Waals surface area contributed by atoms with Crippen LogP contribution in [0.1, 0.15) is 25.8 Å². The van der Waals surface area contributed by atoms with Crippen molar-refractivity contribution in [1.29, 1.82) is 0 Å². The van der Waals surface area contributed by atoms with E-state index in [1.807, 2.05) is 19.9 Å². The molecule has 0 aromatic carbocycles. The van der Waals surface area contributed by atoms with Gasteiger partial charge in [-0.2, -0.15) is 0 Å². The molecule has 3 heterocycles. The Morgan fingerprint density at radius 1 is 1.32 bits per heavy atom. The van der Waals surface area contributed by atoms with Crippen molar-refractivity contribution in [3.63, 3.8) is 0 Å². The Hall–Kier alpha value is -2.23. The molecule has 1 saturated heterocycles. The maximum Gasteiger partial charge on any atom is 0.267 e. The summed E-state index contributed by atoms with van der Waals surface area (Å²) < 4.78 is 7.32. The van der Waals surface area contributed by atoms with Gasteiger partial charge in [-0.05, 0) is 38.5 Å². The van der Waals surface area contributed by atoms with E-state index in [0.29, 0.717) is 52.6 Å². The maximum absolute atomic E-state index is 13.1. The molecule has 3 rings (SSSR count). The number of hydrogen-bond acceptors (Lipinski definition) is 7. The van der Waals surface area contributed by atoms with Crippen molar-refractivity contribution < 1.29 is 9.53 Å². The van der Waals surface area contributed by atoms with E-state index < -0.39 is 0 Å². The highest BCUT2D eigenvalue weighted by atomic mass is 32.2. The summed E-state index contributed by atoms with van der Waals surface area (Å²) in [4.78, 5) is 32.1. The van der Waals surface area contributed by atoms with E-state index in [1.165, 1.54) is 21.1 Å². The lowest BCUT2D eigenvalue weighted by molar-refractivity contribution is -0.121. The maximum atomic E-state index is 13.1. The van der Waals surface area contributed by atoms with Crippen LogP contribution in [0.4, 0.5) is 5.82 Å². The minimum absolute atomic E-state index is 0.183. The van der Waals surface area contributed by atoms with E-state index in [0.717, 1.165) is 6.42 Å².